The summed E-state index contributed by atoms with van der Waals surface area (Å²) in [5, 5.41) is 0. The summed E-state index contributed by atoms with van der Waals surface area (Å²) in [6, 6.07) is 19.8. The number of hydrogen-bond donors (Lipinski definition) is 0. The lowest BCUT2D eigenvalue weighted by atomic mass is 10.1. The molecule has 0 unspecified atom stereocenters. The molecule has 3 heterocycles. The van der Waals surface area contributed by atoms with Gasteiger partial charge in [-0.15, -0.1) is 0 Å². The number of para-hydroxylation sites is 1. The molecule has 198 valence electrons. The van der Waals surface area contributed by atoms with E-state index >= 15 is 0 Å². The van der Waals surface area contributed by atoms with Crippen LogP contribution in [0.2, 0.25) is 0 Å². The van der Waals surface area contributed by atoms with Crippen LogP contribution in [0.4, 0.5) is 5.69 Å². The normalized spacial score (nSPS) is 16.9. The Hall–Kier alpha value is -3.76. The van der Waals surface area contributed by atoms with Crippen LogP contribution in [0.3, 0.4) is 0 Å². The summed E-state index contributed by atoms with van der Waals surface area (Å²) < 4.78 is 44.3. The minimum Gasteiger partial charge on any atom is -0.484 e. The van der Waals surface area contributed by atoms with Crippen molar-refractivity contribution in [2.45, 2.75) is 17.9 Å². The highest BCUT2D eigenvalue weighted by atomic mass is 32.2. The third kappa shape index (κ3) is 4.89. The van der Waals surface area contributed by atoms with E-state index in [1.165, 1.54) is 16.4 Å². The number of ether oxygens (including phenoxy) is 3. The first-order valence-electron chi connectivity index (χ1n) is 12.7. The second-order valence-electron chi connectivity index (χ2n) is 9.56. The number of nitrogens with zero attached hydrogens (tertiary/aromatic N) is 3. The van der Waals surface area contributed by atoms with Gasteiger partial charge < -0.3 is 19.1 Å². The molecule has 0 aliphatic carbocycles. The average Bonchev–Trinajstić information content (AvgIpc) is 3.60. The molecule has 3 aliphatic heterocycles. The minimum absolute atomic E-state index is 0.0851. The maximum atomic E-state index is 13.2. The number of amides is 1. The first kappa shape index (κ1) is 24.6. The van der Waals surface area contributed by atoms with Crippen LogP contribution in [0.15, 0.2) is 71.6 Å². The maximum Gasteiger partial charge on any atom is 0.264 e. The molecule has 6 rings (SSSR count). The third-order valence-corrected chi connectivity index (χ3v) is 9.01. The summed E-state index contributed by atoms with van der Waals surface area (Å²) in [7, 11) is -3.66. The molecule has 3 aromatic carbocycles. The summed E-state index contributed by atoms with van der Waals surface area (Å²) in [5.41, 5.74) is 2.91. The fourth-order valence-electron chi connectivity index (χ4n) is 5.08. The van der Waals surface area contributed by atoms with E-state index in [1.807, 2.05) is 42.5 Å². The van der Waals surface area contributed by atoms with Gasteiger partial charge in [-0.05, 0) is 60.0 Å². The van der Waals surface area contributed by atoms with E-state index in [4.69, 9.17) is 14.2 Å². The molecule has 38 heavy (non-hydrogen) atoms. The van der Waals surface area contributed by atoms with E-state index < -0.39 is 10.0 Å². The lowest BCUT2D eigenvalue weighted by Crippen LogP contribution is -2.49. The smallest absolute Gasteiger partial charge is 0.264 e. The van der Waals surface area contributed by atoms with Crippen molar-refractivity contribution in [1.82, 2.24) is 9.80 Å². The van der Waals surface area contributed by atoms with E-state index in [0.717, 1.165) is 47.9 Å². The van der Waals surface area contributed by atoms with E-state index in [2.05, 4.69) is 4.90 Å². The van der Waals surface area contributed by atoms with Crippen LogP contribution < -0.4 is 18.5 Å². The quantitative estimate of drug-likeness (QED) is 0.460. The molecule has 9 nitrogen and oxygen atoms in total. The third-order valence-electron chi connectivity index (χ3n) is 7.19. The van der Waals surface area contributed by atoms with Gasteiger partial charge in [-0.3, -0.25) is 14.0 Å². The summed E-state index contributed by atoms with van der Waals surface area (Å²) in [4.78, 5) is 17.0. The first-order valence-corrected chi connectivity index (χ1v) is 14.1. The Morgan fingerprint density at radius 2 is 1.63 bits per heavy atom. The monoisotopic (exact) mass is 535 g/mol. The van der Waals surface area contributed by atoms with Crippen molar-refractivity contribution in [3.8, 4) is 17.2 Å². The molecule has 3 aromatic rings. The van der Waals surface area contributed by atoms with Gasteiger partial charge in [0.1, 0.15) is 5.75 Å². The van der Waals surface area contributed by atoms with Gasteiger partial charge in [0.2, 0.25) is 6.79 Å². The second-order valence-corrected chi connectivity index (χ2v) is 11.4. The molecule has 1 fully saturated rings. The zero-order valence-electron chi connectivity index (χ0n) is 20.9. The number of hydrogen-bond acceptors (Lipinski definition) is 7. The standard InChI is InChI=1S/C28H29N3O6S/c32-28(30-15-13-29(14-16-30)18-21-5-10-26-27(17-21)37-20-36-26)19-35-23-6-8-24(9-7-23)38(33,34)31-12-11-22-3-1-2-4-25(22)31/h1-10,17H,11-16,18-20H2. The van der Waals surface area contributed by atoms with E-state index in [-0.39, 0.29) is 24.2 Å². The van der Waals surface area contributed by atoms with Crippen LogP contribution in [0.5, 0.6) is 17.2 Å². The summed E-state index contributed by atoms with van der Waals surface area (Å²) in [5.74, 6) is 1.93. The molecule has 0 bridgehead atoms. The Bertz CT molecular complexity index is 1440. The van der Waals surface area contributed by atoms with Crippen LogP contribution >= 0.6 is 0 Å². The van der Waals surface area contributed by atoms with Crippen molar-refractivity contribution in [3.63, 3.8) is 0 Å². The Labute approximate surface area is 222 Å². The molecular formula is C28H29N3O6S. The predicted molar refractivity (Wildman–Crippen MR) is 141 cm³/mol. The zero-order chi connectivity index (χ0) is 26.1. The van der Waals surface area contributed by atoms with Gasteiger partial charge >= 0.3 is 0 Å². The Morgan fingerprint density at radius 1 is 0.868 bits per heavy atom. The van der Waals surface area contributed by atoms with Crippen LogP contribution in [0.1, 0.15) is 11.1 Å². The van der Waals surface area contributed by atoms with Gasteiger partial charge in [-0.2, -0.15) is 0 Å². The van der Waals surface area contributed by atoms with Crippen LogP contribution in [0.25, 0.3) is 0 Å². The molecular weight excluding hydrogens is 506 g/mol. The van der Waals surface area contributed by atoms with Crippen molar-refractivity contribution < 1.29 is 27.4 Å². The zero-order valence-corrected chi connectivity index (χ0v) is 21.7. The number of fused-ring (bicyclic) bond motifs is 2. The van der Waals surface area contributed by atoms with Gasteiger partial charge in [0.25, 0.3) is 15.9 Å². The van der Waals surface area contributed by atoms with Crippen molar-refractivity contribution in [2.24, 2.45) is 0 Å². The molecule has 0 spiro atoms. The predicted octanol–water partition coefficient (Wildman–Crippen LogP) is 2.89. The average molecular weight is 536 g/mol. The number of sulfonamides is 1. The van der Waals surface area contributed by atoms with E-state index in [0.29, 0.717) is 31.8 Å². The number of carbonyl (C=O) groups is 1. The van der Waals surface area contributed by atoms with Gasteiger partial charge in [-0.1, -0.05) is 24.3 Å². The van der Waals surface area contributed by atoms with Gasteiger partial charge in [-0.25, -0.2) is 8.42 Å². The molecule has 0 saturated carbocycles. The van der Waals surface area contributed by atoms with Crippen LogP contribution in [-0.2, 0) is 27.8 Å². The number of benzene rings is 3. The summed E-state index contributed by atoms with van der Waals surface area (Å²) >= 11 is 0. The molecule has 0 N–H and O–H groups in total. The van der Waals surface area contributed by atoms with Gasteiger partial charge in [0.05, 0.1) is 10.6 Å². The van der Waals surface area contributed by atoms with E-state index in [9.17, 15) is 13.2 Å². The maximum absolute atomic E-state index is 13.2. The fraction of sp³-hybridized carbons (Fsp3) is 0.321. The highest BCUT2D eigenvalue weighted by molar-refractivity contribution is 7.92. The highest BCUT2D eigenvalue weighted by Gasteiger charge is 2.30. The second kappa shape index (κ2) is 10.2. The van der Waals surface area contributed by atoms with Crippen molar-refractivity contribution in [3.05, 3.63) is 77.9 Å². The Balaban J connectivity index is 0.992. The Kier molecular flexibility index (Phi) is 6.59. The number of anilines is 1. The van der Waals surface area contributed by atoms with Gasteiger partial charge in [0.15, 0.2) is 18.1 Å². The lowest BCUT2D eigenvalue weighted by Gasteiger charge is -2.34. The number of carbonyl (C=O) groups excluding carboxylic acids is 1. The molecule has 0 aromatic heterocycles. The first-order chi connectivity index (χ1) is 18.5. The lowest BCUT2D eigenvalue weighted by molar-refractivity contribution is -0.135. The molecule has 1 amide bonds. The summed E-state index contributed by atoms with van der Waals surface area (Å²) in [6.45, 7) is 4.18. The molecule has 10 heteroatoms. The SMILES string of the molecule is O=C(COc1ccc(S(=O)(=O)N2CCc3ccccc32)cc1)N1CCN(Cc2ccc3c(c2)OCO3)CC1. The molecule has 0 radical (unpaired) electrons. The molecule has 3 aliphatic rings. The topological polar surface area (TPSA) is 88.6 Å². The largest absolute Gasteiger partial charge is 0.484 e. The van der Waals surface area contributed by atoms with Crippen LogP contribution in [0, 0.1) is 0 Å². The number of rotatable bonds is 7. The van der Waals surface area contributed by atoms with Crippen molar-refractivity contribution in [1.29, 1.82) is 0 Å². The highest BCUT2D eigenvalue weighted by Crippen LogP contribution is 2.34. The fourth-order valence-corrected chi connectivity index (χ4v) is 6.59. The van der Waals surface area contributed by atoms with Crippen LogP contribution in [-0.4, -0.2) is 70.2 Å². The molecule has 1 saturated heterocycles. The van der Waals surface area contributed by atoms with Gasteiger partial charge in [0, 0.05) is 39.3 Å². The number of piperazine rings is 1. The molecule has 0 atom stereocenters. The van der Waals surface area contributed by atoms with Crippen molar-refractivity contribution in [2.75, 3.05) is 50.4 Å². The summed E-state index contributed by atoms with van der Waals surface area (Å²) in [6.07, 6.45) is 0.700. The van der Waals surface area contributed by atoms with E-state index in [1.54, 1.807) is 17.0 Å². The minimum atomic E-state index is -3.66. The Morgan fingerprint density at radius 3 is 2.45 bits per heavy atom. The van der Waals surface area contributed by atoms with Crippen molar-refractivity contribution >= 4 is 21.6 Å².